The van der Waals surface area contributed by atoms with Gasteiger partial charge in [-0.25, -0.2) is 43.0 Å². The van der Waals surface area contributed by atoms with Gasteiger partial charge in [0.25, 0.3) is 0 Å². The minimum absolute atomic E-state index is 0.00799. The lowest BCUT2D eigenvalue weighted by molar-refractivity contribution is -0.147. The van der Waals surface area contributed by atoms with Crippen LogP contribution in [0.15, 0.2) is 67.3 Å². The fourth-order valence-corrected chi connectivity index (χ4v) is 20.2. The third-order valence-corrected chi connectivity index (χ3v) is 28.5. The molecule has 0 bridgehead atoms. The standard InChI is InChI=1S/C87H136N19O32P3S/c1-14-54(88)69(58(107)40-63(110)104-37-22-26-57(104)71(132-13)50(8)76(114)99-56(84(121)122)39-51-23-17-15-18-24-51)102(11)82(120)66(48(4)5)101-79(117)68(49(6)7)103(12)86(124)133-42-52-28-30-53(31-29-52)97-77(115)55(25-21-33-93-85(90)123)98-78(116)65(47(2)3)100-62(109)27-19-16-20-36-105-64(111)41-60(81(105)119)142-38-35-91-61(108)32-34-92-80(118)73(113)87(9,10)44-135-141(130,131)138-140(128,129)134-43-59-72(137-139(125,126)127)70(112)83(136-59)106-46-96-67-74(89)94-45-95-75(67)106/h15,17-18,23-24,28-31,45-50,54-60,65-66,68-73,83,107,112-113H,14,16,19-22,25-27,32-44,88H2,1-13H3,(H,91,108)(H,92,118)(H,97,115)(H,98,116)(H,99,114)(H,100,109)(H,101,117)(H,121,122)(H,128,129)(H,130,131)(H2,89,94,95)(H3,90,93,123)(H2,125,126,127)/t50-,54+,55+,56+,57+,58-,59+,60?,65+,66+,68+,69+,70-,71-,72-,73+,83+/m1/s1. The number of nitrogen functional groups attached to an aromatic ring is 1. The van der Waals surface area contributed by atoms with Crippen molar-refractivity contribution in [3.63, 3.8) is 0 Å². The molecule has 4 aromatic rings. The summed E-state index contributed by atoms with van der Waals surface area (Å²) >= 11 is 1.13. The zero-order valence-electron chi connectivity index (χ0n) is 81.4. The van der Waals surface area contributed by atoms with Gasteiger partial charge < -0.3 is 124 Å². The third kappa shape index (κ3) is 35.0. The number of nitrogens with one attached hydrogen (secondary N) is 8. The summed E-state index contributed by atoms with van der Waals surface area (Å²) in [5, 5.41) is 64.1. The highest BCUT2D eigenvalue weighted by Gasteiger charge is 2.52. The number of urea groups is 1. The van der Waals surface area contributed by atoms with E-state index in [0.717, 1.165) is 38.8 Å². The molecule has 3 aliphatic heterocycles. The Morgan fingerprint density at radius 3 is 2.01 bits per heavy atom. The molecule has 3 aliphatic rings. The molecule has 0 aliphatic carbocycles. The summed E-state index contributed by atoms with van der Waals surface area (Å²) in [4.78, 5) is 245. The first-order chi connectivity index (χ1) is 66.6. The summed E-state index contributed by atoms with van der Waals surface area (Å²) < 4.78 is 74.6. The number of rotatable bonds is 58. The number of imide groups is 1. The summed E-state index contributed by atoms with van der Waals surface area (Å²) in [7, 11) is -12.5. The summed E-state index contributed by atoms with van der Waals surface area (Å²) in [6, 6.07) is 5.41. The van der Waals surface area contributed by atoms with Crippen LogP contribution in [-0.2, 0) is 116 Å². The Morgan fingerprint density at radius 1 is 0.725 bits per heavy atom. The summed E-state index contributed by atoms with van der Waals surface area (Å²) in [6.07, 6.45) is -9.02. The number of carboxylic acids is 1. The first-order valence-electron chi connectivity index (χ1n) is 46.3. The number of fused-ring (bicyclic) bond motifs is 1. The number of hydrogen-bond acceptors (Lipinski definition) is 33. The zero-order valence-corrected chi connectivity index (χ0v) is 84.9. The largest absolute Gasteiger partial charge is 0.481 e. The van der Waals surface area contributed by atoms with Crippen molar-refractivity contribution in [2.45, 2.75) is 256 Å². The molecule has 22 N–H and O–H groups in total. The number of aromatic nitrogens is 4. The number of carbonyl (C=O) groups excluding carboxylic acids is 13. The Hall–Kier alpha value is -10.3. The number of imidazole rings is 1. The van der Waals surface area contributed by atoms with Gasteiger partial charge in [-0.3, -0.25) is 80.7 Å². The van der Waals surface area contributed by atoms with Crippen molar-refractivity contribution in [3.05, 3.63) is 78.4 Å². The maximum Gasteiger partial charge on any atom is 0.481 e. The highest BCUT2D eigenvalue weighted by molar-refractivity contribution is 8.00. The number of aliphatic carboxylic acids is 1. The SMILES string of the molecule is CC[C@H](N)[C@@H]([C@H](O)CC(=O)N1CCC[C@H]1[C@H](OC)[C@@H](C)C(=O)N[C@@H](Cc1ccccc1)C(=O)O)N(C)C(=O)[C@@H](NC(=O)[C@H](C(C)C)N(C)C(=O)OCc1ccc(NC(=O)[C@H](CCCNC(N)=O)NC(=O)[C@@H](NC(=O)CCCCCN2C(=O)CC(SCCNC(=O)CCNC(=O)[C@H](O)C(C)(C)COP(=O)(O)OP(=O)(O)OC[C@@H]3O[C@H](n4cnc5c(N)ncnc54)[C@H](O)[C@@H]3OP(=O)(O)O)C2=O)C(C)C)cc1)C(C)C. The summed E-state index contributed by atoms with van der Waals surface area (Å²) in [6.45, 7) is 13.4. The number of primary amides is 1. The molecule has 2 aromatic heterocycles. The lowest BCUT2D eigenvalue weighted by atomic mass is 9.87. The van der Waals surface area contributed by atoms with Crippen LogP contribution in [-0.4, -0.2) is 325 Å². The van der Waals surface area contributed by atoms with Crippen LogP contribution in [0.4, 0.5) is 21.1 Å². The van der Waals surface area contributed by atoms with Crippen molar-refractivity contribution < 1.29 is 153 Å². The number of unbranched alkanes of at least 4 members (excludes halogenated alkanes) is 2. The van der Waals surface area contributed by atoms with E-state index < -0.39 is 252 Å². The van der Waals surface area contributed by atoms with Crippen molar-refractivity contribution >= 4 is 141 Å². The number of amides is 14. The van der Waals surface area contributed by atoms with Gasteiger partial charge in [-0.1, -0.05) is 118 Å². The van der Waals surface area contributed by atoms with Crippen molar-refractivity contribution in [2.75, 3.05) is 83.9 Å². The smallest absolute Gasteiger partial charge is 0.480 e. The third-order valence-electron chi connectivity index (χ3n) is 24.2. The van der Waals surface area contributed by atoms with E-state index in [4.69, 9.17) is 40.5 Å². The number of anilines is 2. The zero-order chi connectivity index (χ0) is 106. The van der Waals surface area contributed by atoms with Crippen molar-refractivity contribution in [3.8, 4) is 0 Å². The number of ether oxygens (including phenoxy) is 3. The number of carboxylic acid groups (broad SMARTS) is 1. The van der Waals surface area contributed by atoms with E-state index in [1.165, 1.54) is 57.0 Å². The number of nitrogens with two attached hydrogens (primary N) is 3. The average molecular weight is 2090 g/mol. The number of aliphatic hydroxyl groups excluding tert-OH is 3. The van der Waals surface area contributed by atoms with Gasteiger partial charge in [0.1, 0.15) is 73.1 Å². The van der Waals surface area contributed by atoms with Crippen molar-refractivity contribution in [1.29, 1.82) is 0 Å². The molecule has 7 rings (SSSR count). The van der Waals surface area contributed by atoms with Crippen LogP contribution >= 0.6 is 35.2 Å². The van der Waals surface area contributed by atoms with E-state index >= 15 is 0 Å². The quantitative estimate of drug-likeness (QED) is 0.0167. The number of methoxy groups -OCH3 is 1. The Morgan fingerprint density at radius 2 is 1.39 bits per heavy atom. The van der Waals surface area contributed by atoms with Crippen molar-refractivity contribution in [2.24, 2.45) is 40.6 Å². The maximum atomic E-state index is 14.7. The van der Waals surface area contributed by atoms with Gasteiger partial charge in [-0.05, 0) is 86.0 Å². The van der Waals surface area contributed by atoms with E-state index in [9.17, 15) is 121 Å². The summed E-state index contributed by atoms with van der Waals surface area (Å²) in [5.41, 5.74) is 17.4. The van der Waals surface area contributed by atoms with E-state index in [1.807, 2.05) is 0 Å². The number of phosphoric ester groups is 3. The predicted molar refractivity (Wildman–Crippen MR) is 509 cm³/mol. The van der Waals surface area contributed by atoms with Gasteiger partial charge in [0, 0.05) is 103 Å². The van der Waals surface area contributed by atoms with Gasteiger partial charge in [-0.2, -0.15) is 4.31 Å². The first kappa shape index (κ1) is 119. The number of likely N-dealkylation sites (tertiary alicyclic amines) is 2. The topological polar surface area (TPSA) is 748 Å². The van der Waals surface area contributed by atoms with Gasteiger partial charge in [0.2, 0.25) is 65.0 Å². The molecular formula is C87H136N19O32P3S. The van der Waals surface area contributed by atoms with Gasteiger partial charge in [-0.15, -0.1) is 11.8 Å². The van der Waals surface area contributed by atoms with E-state index in [0.29, 0.717) is 43.2 Å². The molecule has 3 unspecified atom stereocenters. The van der Waals surface area contributed by atoms with Gasteiger partial charge >= 0.3 is 41.6 Å². The molecule has 51 nitrogen and oxygen atoms in total. The van der Waals surface area contributed by atoms with Crippen LogP contribution in [0.5, 0.6) is 0 Å². The van der Waals surface area contributed by atoms with Crippen LogP contribution in [0.2, 0.25) is 0 Å². The van der Waals surface area contributed by atoms with Crippen LogP contribution in [0.1, 0.15) is 164 Å². The molecular weight excluding hydrogens is 1950 g/mol. The molecule has 55 heteroatoms. The molecule has 19 atom stereocenters. The number of hydrogen-bond donors (Lipinski definition) is 19. The number of nitrogens with zero attached hydrogens (tertiary/aromatic N) is 8. The number of carbonyl (C=O) groups is 14. The lowest BCUT2D eigenvalue weighted by Crippen LogP contribution is -2.62. The molecule has 142 heavy (non-hydrogen) atoms. The molecule has 0 saturated carbocycles. The Kier molecular flexibility index (Phi) is 45.6. The highest BCUT2D eigenvalue weighted by Crippen LogP contribution is 2.61. The molecule has 3 saturated heterocycles. The van der Waals surface area contributed by atoms with E-state index in [1.54, 1.807) is 97.9 Å². The Bertz CT molecular complexity index is 5150. The maximum absolute atomic E-state index is 14.7. The van der Waals surface area contributed by atoms with Gasteiger partial charge in [0.05, 0.1) is 61.4 Å². The van der Waals surface area contributed by atoms with Crippen LogP contribution < -0.4 is 59.7 Å². The first-order valence-corrected chi connectivity index (χ1v) is 51.9. The highest BCUT2D eigenvalue weighted by atomic mass is 32.2. The number of likely N-dealkylation sites (N-methyl/N-ethyl adjacent to an activating group) is 2. The lowest BCUT2D eigenvalue weighted by Gasteiger charge is -2.40. The van der Waals surface area contributed by atoms with Crippen LogP contribution in [0.3, 0.4) is 0 Å². The average Bonchev–Trinajstić information content (AvgIpc) is 1.61. The normalized spacial score (nSPS) is 19.9. The van der Waals surface area contributed by atoms with E-state index in [2.05, 4.69) is 66.3 Å². The molecule has 5 heterocycles. The second kappa shape index (κ2) is 54.5. The predicted octanol–water partition coefficient (Wildman–Crippen LogP) is 1.04. The molecule has 2 aromatic carbocycles. The second-order valence-corrected chi connectivity index (χ2v) is 42.1. The molecule has 3 fully saturated rings. The molecule has 792 valence electrons. The minimum atomic E-state index is -5.68. The number of thioether (sulfide) groups is 1. The summed E-state index contributed by atoms with van der Waals surface area (Å²) in [5.74, 6) is -10.5. The van der Waals surface area contributed by atoms with E-state index in [-0.39, 0.29) is 113 Å². The molecule has 14 amide bonds. The fourth-order valence-electron chi connectivity index (χ4n) is 16.4. The molecule has 0 spiro atoms. The molecule has 0 radical (unpaired) electrons. The second-order valence-electron chi connectivity index (χ2n) is 36.5. The number of phosphoric acid groups is 3. The number of aliphatic hydroxyl groups is 3. The van der Waals surface area contributed by atoms with Crippen LogP contribution in [0.25, 0.3) is 11.2 Å². The van der Waals surface area contributed by atoms with Crippen LogP contribution in [0, 0.1) is 29.1 Å². The monoisotopic (exact) mass is 2080 g/mol. The van der Waals surface area contributed by atoms with Gasteiger partial charge in [0.15, 0.2) is 17.7 Å². The number of benzene rings is 2. The fraction of sp³-hybridized carbons (Fsp3) is 0.644. The Balaban J connectivity index is 0.802. The minimum Gasteiger partial charge on any atom is -0.480 e. The van der Waals surface area contributed by atoms with Crippen molar-refractivity contribution in [1.82, 2.24) is 76.3 Å². The Labute approximate surface area is 824 Å².